The van der Waals surface area contributed by atoms with Crippen LogP contribution in [0.25, 0.3) is 70.9 Å². The maximum atomic E-state index is 5.05. The summed E-state index contributed by atoms with van der Waals surface area (Å²) in [5, 5.41) is 8.97. The van der Waals surface area contributed by atoms with Gasteiger partial charge in [0.25, 0.3) is 0 Å². The van der Waals surface area contributed by atoms with Crippen LogP contribution in [0.15, 0.2) is 97.2 Å². The van der Waals surface area contributed by atoms with Crippen molar-refractivity contribution in [1.29, 1.82) is 0 Å². The molecule has 0 aliphatic carbocycles. The molecule has 5 aromatic carbocycles. The minimum Gasteiger partial charge on any atom is -0.308 e. The van der Waals surface area contributed by atoms with E-state index < -0.39 is 0 Å². The predicted octanol–water partition coefficient (Wildman–Crippen LogP) is 10.1. The van der Waals surface area contributed by atoms with Gasteiger partial charge in [-0.1, -0.05) is 93.1 Å². The number of benzene rings is 5. The van der Waals surface area contributed by atoms with Crippen LogP contribution in [-0.4, -0.2) is 9.38 Å². The number of hydrogen-bond acceptors (Lipinski definition) is 1. The lowest BCUT2D eigenvalue weighted by molar-refractivity contribution is 0.413. The zero-order chi connectivity index (χ0) is 26.5. The Hall–Kier alpha value is -4.43. The molecule has 0 radical (unpaired) electrons. The molecule has 3 aromatic heterocycles. The van der Waals surface area contributed by atoms with Crippen LogP contribution in [0.2, 0.25) is 0 Å². The van der Waals surface area contributed by atoms with Crippen molar-refractivity contribution >= 4 is 59.8 Å². The van der Waals surface area contributed by atoms with Crippen molar-refractivity contribution in [2.45, 2.75) is 34.1 Å². The number of pyridine rings is 2. The normalized spacial score (nSPS) is 12.7. The fraction of sp³-hybridized carbons (Fsp3) is 0.162. The van der Waals surface area contributed by atoms with Crippen LogP contribution in [0.3, 0.4) is 0 Å². The van der Waals surface area contributed by atoms with Gasteiger partial charge >= 0.3 is 0 Å². The summed E-state index contributed by atoms with van der Waals surface area (Å²) in [6, 6.07) is 33.7. The molecule has 3 heterocycles. The van der Waals surface area contributed by atoms with Crippen molar-refractivity contribution in [3.8, 4) is 11.1 Å². The standard InChI is InChI=1S/C37H30N2/c1-22-10-13-27-26(18-22)20-30-34-33-24(16-17-38-34)11-14-28-29-19-25(23-8-6-5-7-9-23)12-15-32(29)39(36(28)33)35(30)31(27)21-37(2,3)4/h5-20H,21H2,1-4H3. The molecule has 0 bridgehead atoms. The second-order valence-corrected chi connectivity index (χ2v) is 12.4. The first-order valence-corrected chi connectivity index (χ1v) is 13.9. The molecule has 0 amide bonds. The first-order chi connectivity index (χ1) is 18.9. The molecule has 0 aliphatic heterocycles. The summed E-state index contributed by atoms with van der Waals surface area (Å²) in [6.45, 7) is 9.22. The van der Waals surface area contributed by atoms with Crippen LogP contribution in [-0.2, 0) is 6.42 Å². The lowest BCUT2D eigenvalue weighted by atomic mass is 9.84. The molecular weight excluding hydrogens is 472 g/mol. The van der Waals surface area contributed by atoms with Gasteiger partial charge in [0.2, 0.25) is 0 Å². The SMILES string of the molecule is Cc1ccc2c(CC(C)(C)C)c3c(cc2c1)c1nccc2ccc4c5cc(-c6ccccc6)ccc5n3c4c21. The summed E-state index contributed by atoms with van der Waals surface area (Å²) in [5.74, 6) is 0. The Morgan fingerprint density at radius 2 is 1.49 bits per heavy atom. The van der Waals surface area contributed by atoms with Crippen LogP contribution in [0.4, 0.5) is 0 Å². The zero-order valence-electron chi connectivity index (χ0n) is 22.8. The Balaban J connectivity index is 1.65. The minimum atomic E-state index is 0.131. The molecule has 0 unspecified atom stereocenters. The third-order valence-electron chi connectivity index (χ3n) is 8.32. The van der Waals surface area contributed by atoms with E-state index in [1.165, 1.54) is 76.5 Å². The van der Waals surface area contributed by atoms with E-state index in [9.17, 15) is 0 Å². The summed E-state index contributed by atoms with van der Waals surface area (Å²) < 4.78 is 2.56. The van der Waals surface area contributed by atoms with Gasteiger partial charge in [-0.2, -0.15) is 0 Å². The molecule has 188 valence electrons. The van der Waals surface area contributed by atoms with Gasteiger partial charge < -0.3 is 4.40 Å². The van der Waals surface area contributed by atoms with E-state index in [1.54, 1.807) is 0 Å². The fourth-order valence-electron chi connectivity index (χ4n) is 6.75. The molecule has 0 atom stereocenters. The van der Waals surface area contributed by atoms with Crippen LogP contribution in [0.5, 0.6) is 0 Å². The van der Waals surface area contributed by atoms with Gasteiger partial charge in [0, 0.05) is 27.7 Å². The van der Waals surface area contributed by atoms with Gasteiger partial charge in [0.15, 0.2) is 0 Å². The first kappa shape index (κ1) is 22.5. The van der Waals surface area contributed by atoms with Crippen LogP contribution in [0, 0.1) is 12.3 Å². The molecule has 39 heavy (non-hydrogen) atoms. The highest BCUT2D eigenvalue weighted by atomic mass is 14.9. The summed E-state index contributed by atoms with van der Waals surface area (Å²) in [7, 11) is 0. The molecule has 0 spiro atoms. The Labute approximate surface area is 227 Å². The lowest BCUT2D eigenvalue weighted by Gasteiger charge is -2.23. The van der Waals surface area contributed by atoms with Crippen LogP contribution < -0.4 is 0 Å². The molecular formula is C37H30N2. The molecule has 8 aromatic rings. The number of hydrogen-bond donors (Lipinski definition) is 0. The van der Waals surface area contributed by atoms with E-state index in [0.29, 0.717) is 0 Å². The summed E-state index contributed by atoms with van der Waals surface area (Å²) in [5.41, 5.74) is 10.3. The summed E-state index contributed by atoms with van der Waals surface area (Å²) in [4.78, 5) is 5.05. The largest absolute Gasteiger partial charge is 0.308 e. The Bertz CT molecular complexity index is 2230. The summed E-state index contributed by atoms with van der Waals surface area (Å²) >= 11 is 0. The van der Waals surface area contributed by atoms with E-state index in [4.69, 9.17) is 4.98 Å². The molecule has 2 heteroatoms. The third-order valence-corrected chi connectivity index (χ3v) is 8.32. The van der Waals surface area contributed by atoms with Gasteiger partial charge in [-0.05, 0) is 75.9 Å². The van der Waals surface area contributed by atoms with Crippen molar-refractivity contribution in [1.82, 2.24) is 9.38 Å². The predicted molar refractivity (Wildman–Crippen MR) is 167 cm³/mol. The zero-order valence-corrected chi connectivity index (χ0v) is 22.8. The quantitative estimate of drug-likeness (QED) is 0.170. The number of fused-ring (bicyclic) bond motifs is 7. The minimum absolute atomic E-state index is 0.131. The van der Waals surface area contributed by atoms with Crippen LogP contribution in [0.1, 0.15) is 31.9 Å². The topological polar surface area (TPSA) is 17.3 Å². The Morgan fingerprint density at radius 1 is 0.667 bits per heavy atom. The Morgan fingerprint density at radius 3 is 2.31 bits per heavy atom. The molecule has 0 N–H and O–H groups in total. The average molecular weight is 503 g/mol. The molecule has 0 saturated carbocycles. The highest BCUT2D eigenvalue weighted by Gasteiger charge is 2.24. The summed E-state index contributed by atoms with van der Waals surface area (Å²) in [6.07, 6.45) is 2.96. The van der Waals surface area contributed by atoms with Crippen molar-refractivity contribution in [3.63, 3.8) is 0 Å². The first-order valence-electron chi connectivity index (χ1n) is 13.9. The number of rotatable bonds is 2. The second-order valence-electron chi connectivity index (χ2n) is 12.4. The number of aryl methyl sites for hydroxylation is 1. The maximum absolute atomic E-state index is 5.05. The van der Waals surface area contributed by atoms with Crippen molar-refractivity contribution < 1.29 is 0 Å². The van der Waals surface area contributed by atoms with Gasteiger partial charge in [0.05, 0.1) is 22.1 Å². The third kappa shape index (κ3) is 3.24. The van der Waals surface area contributed by atoms with E-state index in [2.05, 4.69) is 123 Å². The van der Waals surface area contributed by atoms with Gasteiger partial charge in [0.1, 0.15) is 0 Å². The highest BCUT2D eigenvalue weighted by Crippen LogP contribution is 2.44. The van der Waals surface area contributed by atoms with Crippen molar-refractivity contribution in [2.75, 3.05) is 0 Å². The smallest absolute Gasteiger partial charge is 0.0823 e. The Kier molecular flexibility index (Phi) is 4.51. The maximum Gasteiger partial charge on any atom is 0.0823 e. The number of nitrogens with zero attached hydrogens (tertiary/aromatic N) is 2. The van der Waals surface area contributed by atoms with Crippen molar-refractivity contribution in [3.05, 3.63) is 108 Å². The van der Waals surface area contributed by atoms with E-state index in [-0.39, 0.29) is 5.41 Å². The highest BCUT2D eigenvalue weighted by molar-refractivity contribution is 6.29. The van der Waals surface area contributed by atoms with Gasteiger partial charge in [-0.25, -0.2) is 0 Å². The van der Waals surface area contributed by atoms with E-state index in [0.717, 1.165) is 11.9 Å². The average Bonchev–Trinajstić information content (AvgIpc) is 3.26. The molecule has 0 saturated heterocycles. The molecule has 2 nitrogen and oxygen atoms in total. The van der Waals surface area contributed by atoms with Gasteiger partial charge in [-0.3, -0.25) is 4.98 Å². The molecule has 0 aliphatic rings. The van der Waals surface area contributed by atoms with E-state index in [1.807, 2.05) is 6.20 Å². The van der Waals surface area contributed by atoms with E-state index >= 15 is 0 Å². The lowest BCUT2D eigenvalue weighted by Crippen LogP contribution is -2.11. The molecule has 0 fully saturated rings. The van der Waals surface area contributed by atoms with Gasteiger partial charge in [-0.15, -0.1) is 0 Å². The second kappa shape index (κ2) is 7.80. The molecule has 8 rings (SSSR count). The van der Waals surface area contributed by atoms with Crippen molar-refractivity contribution in [2.24, 2.45) is 5.41 Å². The van der Waals surface area contributed by atoms with Crippen LogP contribution >= 0.6 is 0 Å². The fourth-order valence-corrected chi connectivity index (χ4v) is 6.75. The number of aromatic nitrogens is 2. The monoisotopic (exact) mass is 502 g/mol.